The molecule has 118 valence electrons. The van der Waals surface area contributed by atoms with Gasteiger partial charge < -0.3 is 10.2 Å². The Morgan fingerprint density at radius 3 is 2.59 bits per heavy atom. The van der Waals surface area contributed by atoms with Crippen LogP contribution in [-0.4, -0.2) is 16.0 Å². The Morgan fingerprint density at radius 2 is 1.95 bits per heavy atom. The van der Waals surface area contributed by atoms with Gasteiger partial charge in [0.1, 0.15) is 5.75 Å². The van der Waals surface area contributed by atoms with E-state index in [2.05, 4.69) is 13.8 Å². The van der Waals surface area contributed by atoms with Gasteiger partial charge in [0, 0.05) is 11.0 Å². The van der Waals surface area contributed by atoms with Crippen LogP contribution in [0, 0.1) is 5.92 Å². The molecule has 0 spiro atoms. The van der Waals surface area contributed by atoms with Crippen LogP contribution >= 0.6 is 0 Å². The van der Waals surface area contributed by atoms with Crippen LogP contribution in [0.4, 0.5) is 0 Å². The molecule has 0 amide bonds. The summed E-state index contributed by atoms with van der Waals surface area (Å²) in [5, 5.41) is 20.9. The predicted octanol–water partition coefficient (Wildman–Crippen LogP) is 4.60. The van der Waals surface area contributed by atoms with Crippen molar-refractivity contribution < 1.29 is 15.0 Å². The van der Waals surface area contributed by atoms with Gasteiger partial charge in [0.2, 0.25) is 5.78 Å². The highest BCUT2D eigenvalue weighted by atomic mass is 16.3. The number of hydrogen-bond donors (Lipinski definition) is 2. The molecule has 0 aliphatic heterocycles. The van der Waals surface area contributed by atoms with E-state index in [4.69, 9.17) is 0 Å². The molecular formula is C19H24O3. The van der Waals surface area contributed by atoms with Crippen molar-refractivity contribution in [3.05, 3.63) is 40.2 Å². The van der Waals surface area contributed by atoms with E-state index in [9.17, 15) is 15.0 Å². The van der Waals surface area contributed by atoms with E-state index in [1.165, 1.54) is 0 Å². The van der Waals surface area contributed by atoms with Crippen molar-refractivity contribution in [3.63, 3.8) is 0 Å². The summed E-state index contributed by atoms with van der Waals surface area (Å²) in [5.74, 6) is 0.217. The second-order valence-corrected chi connectivity index (χ2v) is 7.33. The average Bonchev–Trinajstić information content (AvgIpc) is 2.44. The summed E-state index contributed by atoms with van der Waals surface area (Å²) in [6.45, 7) is 8.14. The number of benzene rings is 1. The van der Waals surface area contributed by atoms with Gasteiger partial charge >= 0.3 is 0 Å². The molecule has 2 unspecified atom stereocenters. The summed E-state index contributed by atoms with van der Waals surface area (Å²) in [6, 6.07) is 3.53. The van der Waals surface area contributed by atoms with Crippen molar-refractivity contribution in [2.24, 2.45) is 5.92 Å². The molecule has 1 saturated carbocycles. The number of fused-ring (bicyclic) bond motifs is 3. The molecule has 2 aliphatic rings. The first kappa shape index (κ1) is 15.1. The van der Waals surface area contributed by atoms with Crippen LogP contribution in [0.25, 0.3) is 0 Å². The highest BCUT2D eigenvalue weighted by Gasteiger charge is 2.46. The minimum atomic E-state index is -0.349. The van der Waals surface area contributed by atoms with E-state index < -0.39 is 0 Å². The number of rotatable bonds is 1. The largest absolute Gasteiger partial charge is 0.508 e. The molecule has 3 nitrogen and oxygen atoms in total. The average molecular weight is 300 g/mol. The third-order valence-electron chi connectivity index (χ3n) is 5.50. The number of aliphatic hydroxyl groups excluding tert-OH is 1. The van der Waals surface area contributed by atoms with E-state index in [0.717, 1.165) is 36.0 Å². The first-order valence-electron chi connectivity index (χ1n) is 8.13. The van der Waals surface area contributed by atoms with E-state index in [-0.39, 0.29) is 34.5 Å². The van der Waals surface area contributed by atoms with Crippen LogP contribution in [0.15, 0.2) is 23.5 Å². The normalized spacial score (nSPS) is 27.9. The number of carbonyl (C=O) groups excluding carboxylic acids is 1. The quantitative estimate of drug-likeness (QED) is 0.796. The van der Waals surface area contributed by atoms with Crippen LogP contribution in [-0.2, 0) is 5.41 Å². The Hall–Kier alpha value is -1.77. The number of Topliss-reactive ketones (excluding diaryl/α,β-unsaturated/α-hetero) is 1. The zero-order valence-corrected chi connectivity index (χ0v) is 13.7. The van der Waals surface area contributed by atoms with E-state index >= 15 is 0 Å². The van der Waals surface area contributed by atoms with E-state index in [1.54, 1.807) is 12.1 Å². The molecule has 0 heterocycles. The molecule has 2 N–H and O–H groups in total. The fourth-order valence-corrected chi connectivity index (χ4v) is 4.32. The molecule has 0 saturated heterocycles. The van der Waals surface area contributed by atoms with Crippen molar-refractivity contribution in [1.82, 2.24) is 0 Å². The van der Waals surface area contributed by atoms with Gasteiger partial charge in [0.25, 0.3) is 0 Å². The van der Waals surface area contributed by atoms with Gasteiger partial charge in [0.15, 0.2) is 5.76 Å². The van der Waals surface area contributed by atoms with Gasteiger partial charge in [-0.05, 0) is 53.5 Å². The van der Waals surface area contributed by atoms with Crippen molar-refractivity contribution in [2.45, 2.75) is 58.3 Å². The fourth-order valence-electron chi connectivity index (χ4n) is 4.32. The van der Waals surface area contributed by atoms with Gasteiger partial charge in [-0.3, -0.25) is 4.79 Å². The fraction of sp³-hybridized carbons (Fsp3) is 0.526. The second kappa shape index (κ2) is 4.87. The molecule has 0 bridgehead atoms. The Labute approximate surface area is 131 Å². The summed E-state index contributed by atoms with van der Waals surface area (Å²) in [7, 11) is 0. The van der Waals surface area contributed by atoms with Gasteiger partial charge in [-0.1, -0.05) is 34.1 Å². The van der Waals surface area contributed by atoms with Crippen molar-refractivity contribution in [1.29, 1.82) is 0 Å². The topological polar surface area (TPSA) is 57.5 Å². The number of aromatic hydroxyl groups is 1. The number of carbonyl (C=O) groups is 1. The molecule has 0 radical (unpaired) electrons. The lowest BCUT2D eigenvalue weighted by atomic mass is 9.59. The van der Waals surface area contributed by atoms with Gasteiger partial charge in [-0.2, -0.15) is 0 Å². The maximum Gasteiger partial charge on any atom is 0.227 e. The number of ketones is 1. The van der Waals surface area contributed by atoms with Crippen molar-refractivity contribution in [2.75, 3.05) is 0 Å². The number of hydrogen-bond acceptors (Lipinski definition) is 3. The maximum absolute atomic E-state index is 12.7. The third kappa shape index (κ3) is 1.91. The van der Waals surface area contributed by atoms with Crippen molar-refractivity contribution in [3.8, 4) is 5.75 Å². The van der Waals surface area contributed by atoms with Gasteiger partial charge in [-0.15, -0.1) is 0 Å². The van der Waals surface area contributed by atoms with E-state index in [0.29, 0.717) is 5.56 Å². The van der Waals surface area contributed by atoms with Crippen LogP contribution in [0.3, 0.4) is 0 Å². The minimum absolute atomic E-state index is 0.0670. The first-order valence-corrected chi connectivity index (χ1v) is 8.13. The molecule has 3 rings (SSSR count). The summed E-state index contributed by atoms with van der Waals surface area (Å²) in [6.07, 6.45) is 2.96. The molecule has 1 aromatic rings. The molecule has 0 aromatic heterocycles. The van der Waals surface area contributed by atoms with E-state index in [1.807, 2.05) is 13.8 Å². The highest BCUT2D eigenvalue weighted by Crippen LogP contribution is 2.52. The molecule has 22 heavy (non-hydrogen) atoms. The summed E-state index contributed by atoms with van der Waals surface area (Å²) in [4.78, 5) is 12.7. The molecule has 1 fully saturated rings. The molecule has 2 aliphatic carbocycles. The second-order valence-electron chi connectivity index (χ2n) is 7.33. The molecule has 2 atom stereocenters. The minimum Gasteiger partial charge on any atom is -0.508 e. The van der Waals surface area contributed by atoms with Crippen molar-refractivity contribution >= 4 is 5.78 Å². The van der Waals surface area contributed by atoms with Crippen LogP contribution < -0.4 is 0 Å². The number of phenols is 1. The molecule has 3 heteroatoms. The number of allylic oxidation sites excluding steroid dienone is 2. The Balaban J connectivity index is 2.29. The predicted molar refractivity (Wildman–Crippen MR) is 86.5 cm³/mol. The lowest BCUT2D eigenvalue weighted by molar-refractivity contribution is 0.0953. The SMILES string of the molecule is CC1CCCC2(C)C1=C(O)C(=O)c1cc(C(C)C)c(O)cc12. The zero-order valence-electron chi connectivity index (χ0n) is 13.7. The number of phenolic OH excluding ortho intramolecular Hbond substituents is 1. The van der Waals surface area contributed by atoms with Gasteiger partial charge in [0.05, 0.1) is 0 Å². The third-order valence-corrected chi connectivity index (χ3v) is 5.50. The smallest absolute Gasteiger partial charge is 0.227 e. The maximum atomic E-state index is 12.7. The molecular weight excluding hydrogens is 276 g/mol. The summed E-state index contributed by atoms with van der Waals surface area (Å²) < 4.78 is 0. The lowest BCUT2D eigenvalue weighted by Gasteiger charge is -2.44. The van der Waals surface area contributed by atoms with Crippen LogP contribution in [0.2, 0.25) is 0 Å². The van der Waals surface area contributed by atoms with Gasteiger partial charge in [-0.25, -0.2) is 0 Å². The zero-order chi connectivity index (χ0) is 16.2. The summed E-state index contributed by atoms with van der Waals surface area (Å²) >= 11 is 0. The highest BCUT2D eigenvalue weighted by molar-refractivity contribution is 6.11. The Morgan fingerprint density at radius 1 is 1.27 bits per heavy atom. The monoisotopic (exact) mass is 300 g/mol. The standard InChI is InChI=1S/C19H24O3/c1-10(2)12-8-13-14(9-15(12)20)19(4)7-5-6-11(3)16(19)18(22)17(13)21/h8-11,20,22H,5-7H2,1-4H3. The molecule has 1 aromatic carbocycles. The van der Waals surface area contributed by atoms with Crippen LogP contribution in [0.5, 0.6) is 5.75 Å². The first-order chi connectivity index (χ1) is 10.3. The number of aliphatic hydroxyl groups is 1. The Bertz CT molecular complexity index is 684. The van der Waals surface area contributed by atoms with Crippen LogP contribution in [0.1, 0.15) is 74.4 Å². The summed E-state index contributed by atoms with van der Waals surface area (Å²) in [5.41, 5.74) is 2.69. The Kier molecular flexibility index (Phi) is 3.35. The lowest BCUT2D eigenvalue weighted by Crippen LogP contribution is -2.39.